The molecule has 0 rings (SSSR count). The topological polar surface area (TPSA) is 21.3 Å². The van der Waals surface area contributed by atoms with E-state index in [2.05, 4.69) is 39.9 Å². The minimum Gasteiger partial charge on any atom is -0.363 e. The molecule has 0 aromatic rings. The van der Waals surface area contributed by atoms with Crippen LogP contribution in [0.25, 0.3) is 0 Å². The molecular weight excluding hydrogens is 150 g/mol. The van der Waals surface area contributed by atoms with Crippen molar-refractivity contribution in [2.45, 2.75) is 46.8 Å². The molecule has 0 fully saturated rings. The molecule has 74 valence electrons. The van der Waals surface area contributed by atoms with Crippen molar-refractivity contribution in [2.24, 2.45) is 5.41 Å². The van der Waals surface area contributed by atoms with Crippen molar-refractivity contribution in [1.82, 2.24) is 5.32 Å². The van der Waals surface area contributed by atoms with Crippen LogP contribution in [0.5, 0.6) is 0 Å². The predicted octanol–water partition coefficient (Wildman–Crippen LogP) is 2.39. The summed E-state index contributed by atoms with van der Waals surface area (Å²) in [5, 5.41) is 3.41. The van der Waals surface area contributed by atoms with E-state index in [4.69, 9.17) is 4.74 Å². The van der Waals surface area contributed by atoms with E-state index in [1.165, 1.54) is 0 Å². The first-order chi connectivity index (χ1) is 5.43. The van der Waals surface area contributed by atoms with Crippen LogP contribution < -0.4 is 5.32 Å². The van der Waals surface area contributed by atoms with Gasteiger partial charge in [0.25, 0.3) is 0 Å². The van der Waals surface area contributed by atoms with E-state index in [0.29, 0.717) is 0 Å². The smallest absolute Gasteiger partial charge is 0.123 e. The van der Waals surface area contributed by atoms with Gasteiger partial charge in [0.05, 0.1) is 0 Å². The SMILES string of the molecule is CCNC(CC)(OC)C(C)(C)C. The van der Waals surface area contributed by atoms with E-state index in [1.54, 1.807) is 7.11 Å². The van der Waals surface area contributed by atoms with Gasteiger partial charge in [-0.05, 0) is 13.0 Å². The minimum absolute atomic E-state index is 0.131. The van der Waals surface area contributed by atoms with Crippen LogP contribution in [0.1, 0.15) is 41.0 Å². The molecule has 0 radical (unpaired) electrons. The van der Waals surface area contributed by atoms with Crippen LogP contribution in [0.3, 0.4) is 0 Å². The van der Waals surface area contributed by atoms with Crippen molar-refractivity contribution in [3.63, 3.8) is 0 Å². The molecule has 12 heavy (non-hydrogen) atoms. The van der Waals surface area contributed by atoms with E-state index in [-0.39, 0.29) is 11.1 Å². The Hall–Kier alpha value is -0.0800. The summed E-state index contributed by atoms with van der Waals surface area (Å²) in [6, 6.07) is 0. The van der Waals surface area contributed by atoms with Crippen molar-refractivity contribution in [2.75, 3.05) is 13.7 Å². The zero-order valence-corrected chi connectivity index (χ0v) is 9.32. The highest BCUT2D eigenvalue weighted by molar-refractivity contribution is 4.88. The Morgan fingerprint density at radius 3 is 1.75 bits per heavy atom. The fraction of sp³-hybridized carbons (Fsp3) is 1.00. The lowest BCUT2D eigenvalue weighted by atomic mass is 9.81. The van der Waals surface area contributed by atoms with Gasteiger partial charge in [-0.15, -0.1) is 0 Å². The summed E-state index contributed by atoms with van der Waals surface area (Å²) in [5.41, 5.74) is -0.0474. The summed E-state index contributed by atoms with van der Waals surface area (Å²) in [7, 11) is 1.78. The van der Waals surface area contributed by atoms with Gasteiger partial charge in [0.1, 0.15) is 5.72 Å². The molecule has 0 aliphatic heterocycles. The second-order valence-electron chi connectivity index (χ2n) is 4.17. The fourth-order valence-corrected chi connectivity index (χ4v) is 1.73. The first kappa shape index (κ1) is 11.9. The molecule has 1 unspecified atom stereocenters. The van der Waals surface area contributed by atoms with Crippen LogP contribution in [0, 0.1) is 5.41 Å². The molecule has 0 spiro atoms. The van der Waals surface area contributed by atoms with Crippen LogP contribution in [-0.2, 0) is 4.74 Å². The lowest BCUT2D eigenvalue weighted by molar-refractivity contribution is -0.119. The monoisotopic (exact) mass is 173 g/mol. The van der Waals surface area contributed by atoms with Gasteiger partial charge in [0.2, 0.25) is 0 Å². The summed E-state index contributed by atoms with van der Waals surface area (Å²) in [6.07, 6.45) is 0.987. The molecule has 0 saturated heterocycles. The minimum atomic E-state index is -0.179. The van der Waals surface area contributed by atoms with E-state index in [0.717, 1.165) is 13.0 Å². The highest BCUT2D eigenvalue weighted by atomic mass is 16.5. The van der Waals surface area contributed by atoms with E-state index in [9.17, 15) is 0 Å². The Bertz CT molecular complexity index is 122. The number of ether oxygens (including phenoxy) is 1. The van der Waals surface area contributed by atoms with Crippen molar-refractivity contribution in [1.29, 1.82) is 0 Å². The summed E-state index contributed by atoms with van der Waals surface area (Å²) in [4.78, 5) is 0. The van der Waals surface area contributed by atoms with Gasteiger partial charge in [0, 0.05) is 12.5 Å². The number of rotatable bonds is 4. The van der Waals surface area contributed by atoms with Crippen LogP contribution in [0.4, 0.5) is 0 Å². The Labute approximate surface area is 76.7 Å². The van der Waals surface area contributed by atoms with E-state index >= 15 is 0 Å². The second-order valence-corrected chi connectivity index (χ2v) is 4.17. The zero-order chi connectivity index (χ0) is 9.83. The molecule has 2 heteroatoms. The number of hydrogen-bond acceptors (Lipinski definition) is 2. The average molecular weight is 173 g/mol. The lowest BCUT2D eigenvalue weighted by Gasteiger charge is -2.43. The molecule has 1 N–H and O–H groups in total. The number of hydrogen-bond donors (Lipinski definition) is 1. The zero-order valence-electron chi connectivity index (χ0n) is 9.32. The number of nitrogens with one attached hydrogen (secondary N) is 1. The van der Waals surface area contributed by atoms with Gasteiger partial charge in [0.15, 0.2) is 0 Å². The summed E-state index contributed by atoms with van der Waals surface area (Å²) in [5.74, 6) is 0. The molecule has 0 heterocycles. The molecule has 0 amide bonds. The first-order valence-corrected chi connectivity index (χ1v) is 4.73. The van der Waals surface area contributed by atoms with E-state index in [1.807, 2.05) is 0 Å². The molecule has 1 atom stereocenters. The molecule has 0 aromatic heterocycles. The summed E-state index contributed by atoms with van der Waals surface area (Å²) in [6.45, 7) is 11.8. The number of methoxy groups -OCH3 is 1. The van der Waals surface area contributed by atoms with Gasteiger partial charge in [-0.2, -0.15) is 0 Å². The molecule has 0 aliphatic carbocycles. The Balaban J connectivity index is 4.57. The van der Waals surface area contributed by atoms with Crippen LogP contribution in [0.15, 0.2) is 0 Å². The molecule has 0 saturated carbocycles. The maximum Gasteiger partial charge on any atom is 0.123 e. The van der Waals surface area contributed by atoms with Crippen molar-refractivity contribution in [3.05, 3.63) is 0 Å². The molecule has 0 aliphatic rings. The van der Waals surface area contributed by atoms with Crippen LogP contribution >= 0.6 is 0 Å². The van der Waals surface area contributed by atoms with Gasteiger partial charge in [-0.25, -0.2) is 0 Å². The normalized spacial score (nSPS) is 17.5. The Morgan fingerprint density at radius 1 is 1.17 bits per heavy atom. The van der Waals surface area contributed by atoms with Gasteiger partial charge in [-0.3, -0.25) is 5.32 Å². The third kappa shape index (κ3) is 2.20. The molecule has 2 nitrogen and oxygen atoms in total. The van der Waals surface area contributed by atoms with Crippen LogP contribution in [0.2, 0.25) is 0 Å². The largest absolute Gasteiger partial charge is 0.363 e. The quantitative estimate of drug-likeness (QED) is 0.659. The molecular formula is C10H23NO. The Morgan fingerprint density at radius 2 is 1.67 bits per heavy atom. The third-order valence-corrected chi connectivity index (χ3v) is 2.52. The fourth-order valence-electron chi connectivity index (χ4n) is 1.73. The lowest BCUT2D eigenvalue weighted by Crippen LogP contribution is -2.55. The molecule has 0 bridgehead atoms. The Kier molecular flexibility index (Phi) is 4.21. The highest BCUT2D eigenvalue weighted by Gasteiger charge is 2.39. The molecule has 0 aromatic carbocycles. The first-order valence-electron chi connectivity index (χ1n) is 4.73. The van der Waals surface area contributed by atoms with Crippen molar-refractivity contribution in [3.8, 4) is 0 Å². The van der Waals surface area contributed by atoms with Crippen molar-refractivity contribution >= 4 is 0 Å². The third-order valence-electron chi connectivity index (χ3n) is 2.52. The van der Waals surface area contributed by atoms with Crippen molar-refractivity contribution < 1.29 is 4.74 Å². The van der Waals surface area contributed by atoms with Gasteiger partial charge in [-0.1, -0.05) is 34.6 Å². The average Bonchev–Trinajstić information content (AvgIpc) is 1.98. The van der Waals surface area contributed by atoms with Gasteiger partial charge < -0.3 is 4.74 Å². The maximum atomic E-state index is 5.58. The van der Waals surface area contributed by atoms with Gasteiger partial charge >= 0.3 is 0 Å². The predicted molar refractivity (Wildman–Crippen MR) is 53.2 cm³/mol. The standard InChI is InChI=1S/C10H23NO/c1-7-10(12-6,11-8-2)9(3,4)5/h11H,7-8H2,1-6H3. The summed E-state index contributed by atoms with van der Waals surface area (Å²) >= 11 is 0. The summed E-state index contributed by atoms with van der Waals surface area (Å²) < 4.78 is 5.58. The maximum absolute atomic E-state index is 5.58. The van der Waals surface area contributed by atoms with Crippen LogP contribution in [-0.4, -0.2) is 19.4 Å². The second kappa shape index (κ2) is 4.24. The highest BCUT2D eigenvalue weighted by Crippen LogP contribution is 2.33. The van der Waals surface area contributed by atoms with E-state index < -0.39 is 0 Å².